The van der Waals surface area contributed by atoms with Crippen LogP contribution in [0.5, 0.6) is 0 Å². The summed E-state index contributed by atoms with van der Waals surface area (Å²) in [5, 5.41) is 4.27. The molecule has 2 rings (SSSR count). The molecule has 0 fully saturated rings. The summed E-state index contributed by atoms with van der Waals surface area (Å²) in [7, 11) is 0. The quantitative estimate of drug-likeness (QED) is 0.474. The maximum Gasteiger partial charge on any atom is 0.258 e. The smallest absolute Gasteiger partial charge is 0.258 e. The van der Waals surface area contributed by atoms with Gasteiger partial charge in [0.15, 0.2) is 16.8 Å². The van der Waals surface area contributed by atoms with Gasteiger partial charge in [-0.1, -0.05) is 11.6 Å². The Morgan fingerprint density at radius 2 is 1.41 bits per heavy atom. The molecule has 7 nitrogen and oxygen atoms in total. The average molecular weight is 412 g/mol. The number of nitrogen functional groups attached to an aromatic ring is 1. The van der Waals surface area contributed by atoms with Crippen LogP contribution in [0.25, 0.3) is 11.5 Å². The molecular weight excluding hydrogens is 397 g/mol. The van der Waals surface area contributed by atoms with Gasteiger partial charge in [-0.2, -0.15) is 15.0 Å². The van der Waals surface area contributed by atoms with Crippen LogP contribution in [-0.2, 0) is 0 Å². The molecule has 27 heavy (non-hydrogen) atoms. The van der Waals surface area contributed by atoms with Gasteiger partial charge in [0, 0.05) is 6.07 Å². The van der Waals surface area contributed by atoms with Crippen molar-refractivity contribution in [2.45, 2.75) is 38.8 Å². The van der Waals surface area contributed by atoms with Crippen molar-refractivity contribution >= 4 is 29.2 Å². The molecule has 0 radical (unpaired) electrons. The fourth-order valence-electron chi connectivity index (χ4n) is 1.76. The Bertz CT molecular complexity index is 750. The Morgan fingerprint density at radius 1 is 0.926 bits per heavy atom. The van der Waals surface area contributed by atoms with Crippen LogP contribution in [0.15, 0.2) is 6.07 Å². The minimum Gasteiger partial charge on any atom is -0.394 e. The molecule has 2 aromatic heterocycles. The van der Waals surface area contributed by atoms with Crippen LogP contribution in [-0.4, -0.2) is 44.9 Å². The van der Waals surface area contributed by atoms with E-state index in [1.54, 1.807) is 0 Å². The highest BCUT2D eigenvalue weighted by Crippen LogP contribution is 2.25. The normalized spacial score (nSPS) is 13.7. The van der Waals surface area contributed by atoms with Gasteiger partial charge in [-0.05, 0) is 13.8 Å². The van der Waals surface area contributed by atoms with Crippen molar-refractivity contribution in [3.05, 3.63) is 17.0 Å². The number of rotatable bonds is 7. The van der Waals surface area contributed by atoms with Crippen LogP contribution in [0.4, 0.5) is 39.5 Å². The Balaban J connectivity index is 2.48. The molecule has 13 heteroatoms. The van der Waals surface area contributed by atoms with E-state index in [1.165, 1.54) is 13.8 Å². The lowest BCUT2D eigenvalue weighted by atomic mass is 10.3. The maximum atomic E-state index is 13.8. The second kappa shape index (κ2) is 8.46. The molecule has 0 saturated carbocycles. The van der Waals surface area contributed by atoms with E-state index in [2.05, 4.69) is 30.6 Å². The first-order chi connectivity index (χ1) is 12.6. The van der Waals surface area contributed by atoms with Gasteiger partial charge >= 0.3 is 0 Å². The minimum absolute atomic E-state index is 0.186. The first-order valence-corrected chi connectivity index (χ1v) is 7.93. The van der Waals surface area contributed by atoms with Gasteiger partial charge in [0.05, 0.1) is 12.1 Å². The lowest BCUT2D eigenvalue weighted by Crippen LogP contribution is -2.27. The third-order valence-electron chi connectivity index (χ3n) is 3.30. The summed E-state index contributed by atoms with van der Waals surface area (Å²) in [4.78, 5) is 15.3. The third kappa shape index (κ3) is 5.25. The van der Waals surface area contributed by atoms with Gasteiger partial charge in [0.1, 0.15) is 11.4 Å². The molecule has 2 heterocycles. The Kier molecular flexibility index (Phi) is 6.52. The van der Waals surface area contributed by atoms with Gasteiger partial charge in [0.25, 0.3) is 12.9 Å². The zero-order chi connectivity index (χ0) is 20.3. The van der Waals surface area contributed by atoms with Crippen molar-refractivity contribution < 1.29 is 22.0 Å². The van der Waals surface area contributed by atoms with Crippen LogP contribution >= 0.6 is 11.6 Å². The van der Waals surface area contributed by atoms with Crippen molar-refractivity contribution in [3.63, 3.8) is 0 Å². The number of pyridine rings is 1. The zero-order valence-electron chi connectivity index (χ0n) is 14.0. The highest BCUT2D eigenvalue weighted by molar-refractivity contribution is 6.31. The summed E-state index contributed by atoms with van der Waals surface area (Å²) >= 11 is 5.72. The Hall–Kier alpha value is -2.50. The van der Waals surface area contributed by atoms with Gasteiger partial charge in [-0.3, -0.25) is 0 Å². The molecule has 0 saturated heterocycles. The third-order valence-corrected chi connectivity index (χ3v) is 3.58. The highest BCUT2D eigenvalue weighted by Gasteiger charge is 2.21. The number of hydrogen-bond donors (Lipinski definition) is 3. The average Bonchev–Trinajstić information content (AvgIpc) is 2.58. The predicted octanol–water partition coefficient (Wildman–Crippen LogP) is 3.44. The molecule has 0 spiro atoms. The number of nitrogens with one attached hydrogen (secondary N) is 2. The molecule has 4 N–H and O–H groups in total. The summed E-state index contributed by atoms with van der Waals surface area (Å²) < 4.78 is 64.9. The molecule has 148 valence electrons. The number of aromatic nitrogens is 4. The van der Waals surface area contributed by atoms with E-state index in [0.717, 1.165) is 6.07 Å². The van der Waals surface area contributed by atoms with Crippen LogP contribution in [0.2, 0.25) is 5.15 Å². The first kappa shape index (κ1) is 20.8. The van der Waals surface area contributed by atoms with Crippen LogP contribution in [0.3, 0.4) is 0 Å². The van der Waals surface area contributed by atoms with Crippen molar-refractivity contribution in [2.75, 3.05) is 16.4 Å². The van der Waals surface area contributed by atoms with E-state index >= 15 is 0 Å². The van der Waals surface area contributed by atoms with E-state index in [0.29, 0.717) is 0 Å². The lowest BCUT2D eigenvalue weighted by molar-refractivity contribution is 0.130. The number of halogens is 6. The topological polar surface area (TPSA) is 102 Å². The molecule has 0 aliphatic rings. The first-order valence-electron chi connectivity index (χ1n) is 7.55. The number of nitrogens with zero attached hydrogens (tertiary/aromatic N) is 4. The predicted molar refractivity (Wildman–Crippen MR) is 90.6 cm³/mol. The molecule has 0 unspecified atom stereocenters. The second-order valence-electron chi connectivity index (χ2n) is 5.53. The van der Waals surface area contributed by atoms with E-state index in [4.69, 9.17) is 17.3 Å². The zero-order valence-corrected chi connectivity index (χ0v) is 14.8. The fourth-order valence-corrected chi connectivity index (χ4v) is 1.94. The van der Waals surface area contributed by atoms with Gasteiger partial charge in [-0.25, -0.2) is 26.9 Å². The van der Waals surface area contributed by atoms with Crippen LogP contribution < -0.4 is 16.4 Å². The molecular formula is C14H15ClF5N7. The highest BCUT2D eigenvalue weighted by atomic mass is 35.5. The van der Waals surface area contributed by atoms with Crippen molar-refractivity contribution in [2.24, 2.45) is 0 Å². The molecule has 0 aliphatic carbocycles. The molecule has 2 atom stereocenters. The molecule has 0 aliphatic heterocycles. The van der Waals surface area contributed by atoms with Gasteiger partial charge in [-0.15, -0.1) is 0 Å². The summed E-state index contributed by atoms with van der Waals surface area (Å²) in [6, 6.07) is -1.82. The summed E-state index contributed by atoms with van der Waals surface area (Å²) in [5.74, 6) is -1.87. The number of alkyl halides is 4. The minimum atomic E-state index is -2.75. The van der Waals surface area contributed by atoms with Crippen LogP contribution in [0.1, 0.15) is 13.8 Å². The summed E-state index contributed by atoms with van der Waals surface area (Å²) in [6.07, 6.45) is -5.49. The number of hydrogen-bond acceptors (Lipinski definition) is 7. The maximum absolute atomic E-state index is 13.8. The summed E-state index contributed by atoms with van der Waals surface area (Å²) in [5.41, 5.74) is 4.79. The lowest BCUT2D eigenvalue weighted by Gasteiger charge is -2.16. The Morgan fingerprint density at radius 3 is 1.81 bits per heavy atom. The number of anilines is 3. The molecule has 0 amide bonds. The molecule has 0 aromatic carbocycles. The van der Waals surface area contributed by atoms with Crippen molar-refractivity contribution in [1.82, 2.24) is 19.9 Å². The van der Waals surface area contributed by atoms with Gasteiger partial charge < -0.3 is 16.4 Å². The van der Waals surface area contributed by atoms with E-state index in [-0.39, 0.29) is 28.6 Å². The van der Waals surface area contributed by atoms with Gasteiger partial charge in [0.2, 0.25) is 11.9 Å². The second-order valence-corrected chi connectivity index (χ2v) is 5.89. The Labute approximate surface area is 155 Å². The fraction of sp³-hybridized carbons (Fsp3) is 0.429. The largest absolute Gasteiger partial charge is 0.394 e. The monoisotopic (exact) mass is 411 g/mol. The van der Waals surface area contributed by atoms with Crippen molar-refractivity contribution in [3.8, 4) is 11.5 Å². The number of nitrogens with two attached hydrogens (primary N) is 1. The van der Waals surface area contributed by atoms with Crippen LogP contribution in [0, 0.1) is 5.82 Å². The molecule has 0 bridgehead atoms. The SMILES string of the molecule is C[C@@H](Nc1nc(N[C@H](C)C(F)F)nc(-c2cc(F)c(N)c(Cl)n2)n1)C(F)F. The van der Waals surface area contributed by atoms with E-state index in [9.17, 15) is 22.0 Å². The summed E-state index contributed by atoms with van der Waals surface area (Å²) in [6.45, 7) is 2.34. The van der Waals surface area contributed by atoms with E-state index < -0.39 is 36.4 Å². The van der Waals surface area contributed by atoms with E-state index in [1.807, 2.05) is 0 Å². The van der Waals surface area contributed by atoms with Crippen molar-refractivity contribution in [1.29, 1.82) is 0 Å². The molecule has 2 aromatic rings. The standard InChI is InChI=1S/C14H15ClF5N7/c1-4(10(17)18)22-13-25-12(7-3-6(16)8(21)9(15)24-7)26-14(27-13)23-5(2)11(19)20/h3-5,10-11H,21H2,1-2H3,(H2,22,23,25,26,27)/t4-,5-/m1/s1.